The van der Waals surface area contributed by atoms with Crippen molar-refractivity contribution in [3.8, 4) is 0 Å². The van der Waals surface area contributed by atoms with Crippen LogP contribution in [0.25, 0.3) is 10.8 Å². The number of aromatic amines is 1. The molecule has 126 valence electrons. The van der Waals surface area contributed by atoms with E-state index in [0.29, 0.717) is 11.8 Å². The molecule has 1 fully saturated rings. The number of anilines is 1. The first-order valence-electron chi connectivity index (χ1n) is 8.89. The van der Waals surface area contributed by atoms with Crippen LogP contribution in [-0.2, 0) is 0 Å². The zero-order chi connectivity index (χ0) is 16.8. The van der Waals surface area contributed by atoms with Crippen LogP contribution >= 0.6 is 0 Å². The van der Waals surface area contributed by atoms with Crippen molar-refractivity contribution in [1.82, 2.24) is 15.5 Å². The second-order valence-electron chi connectivity index (χ2n) is 6.98. The highest BCUT2D eigenvalue weighted by atomic mass is 16.1. The summed E-state index contributed by atoms with van der Waals surface area (Å²) < 4.78 is 0. The highest BCUT2D eigenvalue weighted by Crippen LogP contribution is 2.43. The van der Waals surface area contributed by atoms with E-state index < -0.39 is 0 Å². The average Bonchev–Trinajstić information content (AvgIpc) is 3.28. The van der Waals surface area contributed by atoms with Crippen molar-refractivity contribution < 1.29 is 4.79 Å². The molecule has 25 heavy (non-hydrogen) atoms. The van der Waals surface area contributed by atoms with Crippen molar-refractivity contribution in [2.24, 2.45) is 5.92 Å². The number of hydrogen-bond acceptors (Lipinski definition) is 3. The Hall–Kier alpha value is -2.66. The van der Waals surface area contributed by atoms with Crippen LogP contribution in [0.3, 0.4) is 0 Å². The molecule has 1 unspecified atom stereocenters. The molecule has 3 N–H and O–H groups in total. The number of nitrogens with zero attached hydrogens (tertiary/aromatic N) is 1. The van der Waals surface area contributed by atoms with Crippen molar-refractivity contribution in [1.29, 1.82) is 0 Å². The molecule has 3 heterocycles. The molecule has 3 aromatic rings. The lowest BCUT2D eigenvalue weighted by atomic mass is 9.76. The summed E-state index contributed by atoms with van der Waals surface area (Å²) in [4.78, 5) is 12.2. The van der Waals surface area contributed by atoms with Gasteiger partial charge in [0.15, 0.2) is 0 Å². The molecule has 2 aliphatic heterocycles. The number of rotatable bonds is 3. The number of aromatic nitrogens is 2. The molecule has 0 spiro atoms. The molecule has 0 bridgehead atoms. The lowest BCUT2D eigenvalue weighted by molar-refractivity contribution is 0.103. The van der Waals surface area contributed by atoms with Crippen LogP contribution < -0.4 is 10.6 Å². The van der Waals surface area contributed by atoms with Gasteiger partial charge in [-0.15, -0.1) is 0 Å². The first kappa shape index (κ1) is 14.7. The van der Waals surface area contributed by atoms with Gasteiger partial charge < -0.3 is 10.6 Å². The molecular weight excluding hydrogens is 312 g/mol. The lowest BCUT2D eigenvalue weighted by Crippen LogP contribution is -2.31. The zero-order valence-corrected chi connectivity index (χ0v) is 13.9. The summed E-state index contributed by atoms with van der Waals surface area (Å²) in [6.45, 7) is 2.11. The van der Waals surface area contributed by atoms with E-state index in [1.807, 2.05) is 24.5 Å². The van der Waals surface area contributed by atoms with Gasteiger partial charge in [-0.1, -0.05) is 18.2 Å². The Morgan fingerprint density at radius 1 is 1.12 bits per heavy atom. The molecular formula is C20H20N4O. The molecule has 2 aliphatic rings. The quantitative estimate of drug-likeness (QED) is 0.689. The Bertz CT molecular complexity index is 942. The van der Waals surface area contributed by atoms with Gasteiger partial charge in [-0.25, -0.2) is 0 Å². The minimum absolute atomic E-state index is 0.000484. The fourth-order valence-electron chi connectivity index (χ4n) is 4.50. The summed E-state index contributed by atoms with van der Waals surface area (Å²) in [5.41, 5.74) is 4.23. The van der Waals surface area contributed by atoms with E-state index in [9.17, 15) is 4.79 Å². The van der Waals surface area contributed by atoms with Gasteiger partial charge >= 0.3 is 0 Å². The van der Waals surface area contributed by atoms with Gasteiger partial charge in [-0.2, -0.15) is 5.10 Å². The number of nitrogens with one attached hydrogen (secondary N) is 3. The van der Waals surface area contributed by atoms with Gasteiger partial charge in [0.25, 0.3) is 5.91 Å². The average molecular weight is 332 g/mol. The summed E-state index contributed by atoms with van der Waals surface area (Å²) in [6.07, 6.45) is 6.25. The number of carbonyl (C=O) groups is 1. The van der Waals surface area contributed by atoms with Gasteiger partial charge in [-0.3, -0.25) is 9.89 Å². The molecule has 5 rings (SSSR count). The number of benzene rings is 2. The fraction of sp³-hybridized carbons (Fsp3) is 0.300. The molecule has 1 saturated heterocycles. The van der Waals surface area contributed by atoms with Gasteiger partial charge in [-0.05, 0) is 60.5 Å². The highest BCUT2D eigenvalue weighted by molar-refractivity contribution is 6.24. The predicted octanol–water partition coefficient (Wildman–Crippen LogP) is 3.26. The van der Waals surface area contributed by atoms with E-state index in [2.05, 4.69) is 39.0 Å². The fourth-order valence-corrected chi connectivity index (χ4v) is 4.50. The van der Waals surface area contributed by atoms with Crippen LogP contribution in [0.5, 0.6) is 0 Å². The van der Waals surface area contributed by atoms with Crippen LogP contribution in [0.4, 0.5) is 5.69 Å². The topological polar surface area (TPSA) is 69.8 Å². The van der Waals surface area contributed by atoms with E-state index in [4.69, 9.17) is 0 Å². The van der Waals surface area contributed by atoms with Gasteiger partial charge in [0.1, 0.15) is 0 Å². The third-order valence-corrected chi connectivity index (χ3v) is 5.64. The van der Waals surface area contributed by atoms with E-state index in [0.717, 1.165) is 42.6 Å². The van der Waals surface area contributed by atoms with Gasteiger partial charge in [0.2, 0.25) is 0 Å². The SMILES string of the molecule is O=C1Nc2ccc(C(c3cn[nH]c3)C3CCNCC3)c3cccc1c23. The van der Waals surface area contributed by atoms with Crippen LogP contribution in [0.2, 0.25) is 0 Å². The Kier molecular flexibility index (Phi) is 3.35. The standard InChI is InChI=1S/C20H20N4O/c25-20-16-3-1-2-14-15(4-5-17(24-20)19(14)16)18(13-10-22-23-11-13)12-6-8-21-9-7-12/h1-5,10-12,18,21H,6-9H2,(H,22,23)(H,24,25). The number of carbonyl (C=O) groups excluding carboxylic acids is 1. The van der Waals surface area contributed by atoms with Gasteiger partial charge in [0.05, 0.1) is 6.20 Å². The van der Waals surface area contributed by atoms with E-state index in [1.54, 1.807) is 0 Å². The highest BCUT2D eigenvalue weighted by Gasteiger charge is 2.30. The van der Waals surface area contributed by atoms with E-state index in [1.165, 1.54) is 16.5 Å². The molecule has 1 amide bonds. The molecule has 5 heteroatoms. The summed E-state index contributed by atoms with van der Waals surface area (Å²) in [5, 5.41) is 15.9. The van der Waals surface area contributed by atoms with E-state index >= 15 is 0 Å². The summed E-state index contributed by atoms with van der Waals surface area (Å²) >= 11 is 0. The molecule has 0 radical (unpaired) electrons. The first-order chi connectivity index (χ1) is 12.3. The monoisotopic (exact) mass is 332 g/mol. The van der Waals surface area contributed by atoms with Gasteiger partial charge in [0, 0.05) is 28.8 Å². The van der Waals surface area contributed by atoms with E-state index in [-0.39, 0.29) is 5.91 Å². The van der Waals surface area contributed by atoms with Crippen molar-refractivity contribution >= 4 is 22.4 Å². The van der Waals surface area contributed by atoms with Crippen LogP contribution in [0.1, 0.15) is 40.2 Å². The van der Waals surface area contributed by atoms with Crippen LogP contribution in [-0.4, -0.2) is 29.2 Å². The first-order valence-corrected chi connectivity index (χ1v) is 8.89. The summed E-state index contributed by atoms with van der Waals surface area (Å²) in [6, 6.07) is 10.3. The predicted molar refractivity (Wildman–Crippen MR) is 97.9 cm³/mol. The number of amides is 1. The molecule has 5 nitrogen and oxygen atoms in total. The maximum atomic E-state index is 12.2. The Morgan fingerprint density at radius 3 is 2.80 bits per heavy atom. The van der Waals surface area contributed by atoms with Crippen molar-refractivity contribution in [3.05, 3.63) is 59.4 Å². The lowest BCUT2D eigenvalue weighted by Gasteiger charge is -2.31. The molecule has 0 aliphatic carbocycles. The zero-order valence-electron chi connectivity index (χ0n) is 13.9. The third-order valence-electron chi connectivity index (χ3n) is 5.64. The molecule has 2 aromatic carbocycles. The second kappa shape index (κ2) is 5.70. The maximum absolute atomic E-state index is 12.2. The molecule has 1 atom stereocenters. The number of hydrogen-bond donors (Lipinski definition) is 3. The Labute approximate surface area is 145 Å². The second-order valence-corrected chi connectivity index (χ2v) is 6.98. The van der Waals surface area contributed by atoms with Crippen LogP contribution in [0, 0.1) is 5.92 Å². The van der Waals surface area contributed by atoms with Crippen molar-refractivity contribution in [3.63, 3.8) is 0 Å². The number of H-pyrrole nitrogens is 1. The summed E-state index contributed by atoms with van der Waals surface area (Å²) in [5.74, 6) is 0.862. The number of piperidine rings is 1. The smallest absolute Gasteiger partial charge is 0.256 e. The Balaban J connectivity index is 1.72. The normalized spacial score (nSPS) is 18.5. The Morgan fingerprint density at radius 2 is 2.00 bits per heavy atom. The largest absolute Gasteiger partial charge is 0.321 e. The summed E-state index contributed by atoms with van der Waals surface area (Å²) in [7, 11) is 0. The maximum Gasteiger partial charge on any atom is 0.256 e. The van der Waals surface area contributed by atoms with Crippen LogP contribution in [0.15, 0.2) is 42.7 Å². The molecule has 0 saturated carbocycles. The van der Waals surface area contributed by atoms with Crippen molar-refractivity contribution in [2.45, 2.75) is 18.8 Å². The molecule has 1 aromatic heterocycles. The minimum Gasteiger partial charge on any atom is -0.321 e. The minimum atomic E-state index is -0.000484. The van der Waals surface area contributed by atoms with Crippen molar-refractivity contribution in [2.75, 3.05) is 18.4 Å². The third kappa shape index (κ3) is 2.27.